The summed E-state index contributed by atoms with van der Waals surface area (Å²) in [5, 5.41) is 0. The van der Waals surface area contributed by atoms with Crippen molar-refractivity contribution in [2.75, 3.05) is 0 Å². The lowest BCUT2D eigenvalue weighted by Crippen LogP contribution is -2.05. The molecule has 0 fully saturated rings. The minimum Gasteiger partial charge on any atom is -0.489 e. The van der Waals surface area contributed by atoms with Crippen LogP contribution in [0.3, 0.4) is 0 Å². The standard InChI is InChI=1S/C23H15FINO3/c24-20-7-2-1-5-17(20)14-28-19-6-3-4-15(12-19)13-21-23(27)29-22(26-21)16-8-10-18(25)11-9-16/h1-13H,14H2/b21-13-. The molecule has 4 rings (SSSR count). The number of aliphatic imine (C=N–C) groups is 1. The summed E-state index contributed by atoms with van der Waals surface area (Å²) in [6.45, 7) is 0.115. The number of rotatable bonds is 5. The van der Waals surface area contributed by atoms with Gasteiger partial charge in [0.2, 0.25) is 5.90 Å². The summed E-state index contributed by atoms with van der Waals surface area (Å²) in [4.78, 5) is 16.5. The van der Waals surface area contributed by atoms with Gasteiger partial charge in [0.05, 0.1) is 0 Å². The van der Waals surface area contributed by atoms with Crippen LogP contribution in [0.5, 0.6) is 5.75 Å². The van der Waals surface area contributed by atoms with Gasteiger partial charge in [-0.1, -0.05) is 30.3 Å². The maximum Gasteiger partial charge on any atom is 0.363 e. The molecule has 0 saturated carbocycles. The van der Waals surface area contributed by atoms with Gasteiger partial charge in [-0.3, -0.25) is 0 Å². The van der Waals surface area contributed by atoms with Gasteiger partial charge >= 0.3 is 5.97 Å². The van der Waals surface area contributed by atoms with E-state index in [0.29, 0.717) is 11.3 Å². The van der Waals surface area contributed by atoms with Crippen molar-refractivity contribution in [1.82, 2.24) is 0 Å². The Labute approximate surface area is 180 Å². The lowest BCUT2D eigenvalue weighted by molar-refractivity contribution is -0.129. The van der Waals surface area contributed by atoms with Crippen LogP contribution in [0.1, 0.15) is 16.7 Å². The second-order valence-electron chi connectivity index (χ2n) is 6.30. The van der Waals surface area contributed by atoms with E-state index in [-0.39, 0.29) is 24.0 Å². The molecular weight excluding hydrogens is 484 g/mol. The van der Waals surface area contributed by atoms with Crippen LogP contribution in [0.25, 0.3) is 6.08 Å². The maximum atomic E-state index is 13.7. The normalized spacial score (nSPS) is 14.6. The quantitative estimate of drug-likeness (QED) is 0.270. The van der Waals surface area contributed by atoms with E-state index in [9.17, 15) is 9.18 Å². The fourth-order valence-corrected chi connectivity index (χ4v) is 3.11. The number of carbonyl (C=O) groups is 1. The molecular formula is C23H15FINO3. The molecule has 4 nitrogen and oxygen atoms in total. The lowest BCUT2D eigenvalue weighted by Gasteiger charge is -2.07. The molecule has 0 atom stereocenters. The van der Waals surface area contributed by atoms with Gasteiger partial charge in [-0.25, -0.2) is 14.2 Å². The molecule has 1 aliphatic rings. The van der Waals surface area contributed by atoms with E-state index >= 15 is 0 Å². The summed E-state index contributed by atoms with van der Waals surface area (Å²) < 4.78 is 25.8. The summed E-state index contributed by atoms with van der Waals surface area (Å²) in [6.07, 6.45) is 1.64. The smallest absolute Gasteiger partial charge is 0.363 e. The number of hydrogen-bond acceptors (Lipinski definition) is 4. The lowest BCUT2D eigenvalue weighted by atomic mass is 10.2. The molecule has 1 heterocycles. The predicted molar refractivity (Wildman–Crippen MR) is 117 cm³/mol. The molecule has 6 heteroatoms. The fraction of sp³-hybridized carbons (Fsp3) is 0.0435. The van der Waals surface area contributed by atoms with Crippen LogP contribution >= 0.6 is 22.6 Å². The Kier molecular flexibility index (Phi) is 5.71. The Morgan fingerprint density at radius 2 is 1.83 bits per heavy atom. The minimum atomic E-state index is -0.503. The highest BCUT2D eigenvalue weighted by molar-refractivity contribution is 14.1. The molecule has 0 spiro atoms. The molecule has 0 radical (unpaired) electrons. The van der Waals surface area contributed by atoms with Crippen LogP contribution in [-0.2, 0) is 16.1 Å². The zero-order valence-electron chi connectivity index (χ0n) is 15.1. The maximum absolute atomic E-state index is 13.7. The van der Waals surface area contributed by atoms with Crippen LogP contribution in [0.4, 0.5) is 4.39 Å². The Morgan fingerprint density at radius 3 is 2.62 bits per heavy atom. The van der Waals surface area contributed by atoms with E-state index < -0.39 is 5.97 Å². The van der Waals surface area contributed by atoms with Crippen LogP contribution in [-0.4, -0.2) is 11.9 Å². The van der Waals surface area contributed by atoms with E-state index in [0.717, 1.165) is 14.7 Å². The first-order chi connectivity index (χ1) is 14.1. The zero-order valence-corrected chi connectivity index (χ0v) is 17.3. The number of carbonyl (C=O) groups excluding carboxylic acids is 1. The summed E-state index contributed by atoms with van der Waals surface area (Å²) >= 11 is 2.21. The molecule has 144 valence electrons. The molecule has 0 unspecified atom stereocenters. The number of hydrogen-bond donors (Lipinski definition) is 0. The summed E-state index contributed by atoms with van der Waals surface area (Å²) in [5.41, 5.74) is 2.16. The van der Waals surface area contributed by atoms with Crippen molar-refractivity contribution in [2.24, 2.45) is 4.99 Å². The van der Waals surface area contributed by atoms with E-state index in [2.05, 4.69) is 27.6 Å². The van der Waals surface area contributed by atoms with Crippen molar-refractivity contribution in [2.45, 2.75) is 6.61 Å². The van der Waals surface area contributed by atoms with Gasteiger partial charge in [0.1, 0.15) is 18.2 Å². The van der Waals surface area contributed by atoms with Gasteiger partial charge in [-0.05, 0) is 76.7 Å². The summed E-state index contributed by atoms with van der Waals surface area (Å²) in [6, 6.07) is 21.2. The van der Waals surface area contributed by atoms with Crippen LogP contribution in [0.15, 0.2) is 83.5 Å². The number of benzene rings is 3. The molecule has 0 N–H and O–H groups in total. The second-order valence-corrected chi connectivity index (χ2v) is 7.54. The first-order valence-corrected chi connectivity index (χ1v) is 9.91. The van der Waals surface area contributed by atoms with Gasteiger partial charge in [-0.15, -0.1) is 0 Å². The molecule has 0 amide bonds. The SMILES string of the molecule is O=C1OC(c2ccc(I)cc2)=N/C1=C\c1cccc(OCc2ccccc2F)c1. The first kappa shape index (κ1) is 19.3. The second kappa shape index (κ2) is 8.57. The van der Waals surface area contributed by atoms with Gasteiger partial charge < -0.3 is 9.47 Å². The highest BCUT2D eigenvalue weighted by Crippen LogP contribution is 2.22. The van der Waals surface area contributed by atoms with Crippen molar-refractivity contribution in [3.63, 3.8) is 0 Å². The van der Waals surface area contributed by atoms with Crippen LogP contribution in [0, 0.1) is 9.39 Å². The number of halogens is 2. The Balaban J connectivity index is 1.52. The topological polar surface area (TPSA) is 47.9 Å². The number of ether oxygens (including phenoxy) is 2. The van der Waals surface area contributed by atoms with Crippen molar-refractivity contribution < 1.29 is 18.7 Å². The molecule has 0 aliphatic carbocycles. The number of cyclic esters (lactones) is 1. The molecule has 1 aliphatic heterocycles. The average molecular weight is 499 g/mol. The highest BCUT2D eigenvalue weighted by Gasteiger charge is 2.24. The Hall–Kier alpha value is -3.00. The molecule has 0 aromatic heterocycles. The minimum absolute atomic E-state index is 0.115. The van der Waals surface area contributed by atoms with E-state index in [1.54, 1.807) is 42.5 Å². The third kappa shape index (κ3) is 4.71. The third-order valence-electron chi connectivity index (χ3n) is 4.23. The van der Waals surface area contributed by atoms with Crippen molar-refractivity contribution in [3.8, 4) is 5.75 Å². The predicted octanol–water partition coefficient (Wildman–Crippen LogP) is 5.35. The molecule has 29 heavy (non-hydrogen) atoms. The Morgan fingerprint density at radius 1 is 1.03 bits per heavy atom. The highest BCUT2D eigenvalue weighted by atomic mass is 127. The van der Waals surface area contributed by atoms with Gasteiger partial charge in [0.15, 0.2) is 5.70 Å². The monoisotopic (exact) mass is 499 g/mol. The van der Waals surface area contributed by atoms with Gasteiger partial charge in [-0.2, -0.15) is 0 Å². The number of nitrogens with zero attached hydrogens (tertiary/aromatic N) is 1. The van der Waals surface area contributed by atoms with Gasteiger partial charge in [0.25, 0.3) is 0 Å². The average Bonchev–Trinajstić information content (AvgIpc) is 3.08. The van der Waals surface area contributed by atoms with Crippen molar-refractivity contribution in [3.05, 3.63) is 105 Å². The van der Waals surface area contributed by atoms with Crippen LogP contribution in [0.2, 0.25) is 0 Å². The van der Waals surface area contributed by atoms with Gasteiger partial charge in [0, 0.05) is 14.7 Å². The number of esters is 1. The zero-order chi connectivity index (χ0) is 20.2. The van der Waals surface area contributed by atoms with Crippen LogP contribution < -0.4 is 4.74 Å². The van der Waals surface area contributed by atoms with E-state index in [1.165, 1.54) is 6.07 Å². The third-order valence-corrected chi connectivity index (χ3v) is 4.94. The Bertz CT molecular complexity index is 1120. The molecule has 3 aromatic rings. The largest absolute Gasteiger partial charge is 0.489 e. The summed E-state index contributed by atoms with van der Waals surface area (Å²) in [7, 11) is 0. The van der Waals surface area contributed by atoms with E-state index in [1.807, 2.05) is 30.3 Å². The van der Waals surface area contributed by atoms with Crippen molar-refractivity contribution in [1.29, 1.82) is 0 Å². The molecule has 0 bridgehead atoms. The first-order valence-electron chi connectivity index (χ1n) is 8.83. The molecule has 3 aromatic carbocycles. The van der Waals surface area contributed by atoms with Crippen molar-refractivity contribution >= 4 is 40.5 Å². The summed E-state index contributed by atoms with van der Waals surface area (Å²) in [5.74, 6) is 0.0357. The fourth-order valence-electron chi connectivity index (χ4n) is 2.75. The molecule has 0 saturated heterocycles. The van der Waals surface area contributed by atoms with E-state index in [4.69, 9.17) is 9.47 Å².